The molecule has 2 heterocycles. The first-order valence-corrected chi connectivity index (χ1v) is 9.53. The molecule has 0 aliphatic rings. The third kappa shape index (κ3) is 4.04. The molecular formula is C20H16ClF3N6O. The minimum absolute atomic E-state index is 0.0357. The Bertz CT molecular complexity index is 1220. The number of halogens is 4. The highest BCUT2D eigenvalue weighted by atomic mass is 35.5. The molecule has 0 spiro atoms. The summed E-state index contributed by atoms with van der Waals surface area (Å²) < 4.78 is 44.6. The number of benzene rings is 2. The van der Waals surface area contributed by atoms with Crippen molar-refractivity contribution in [1.82, 2.24) is 29.8 Å². The van der Waals surface area contributed by atoms with E-state index in [1.165, 1.54) is 46.4 Å². The van der Waals surface area contributed by atoms with E-state index in [-0.39, 0.29) is 17.1 Å². The summed E-state index contributed by atoms with van der Waals surface area (Å²) in [4.78, 5) is 3.84. The first-order chi connectivity index (χ1) is 14.8. The molecule has 4 aromatic rings. The van der Waals surface area contributed by atoms with Crippen LogP contribution in [-0.4, -0.2) is 34.9 Å². The third-order valence-electron chi connectivity index (χ3n) is 5.11. The van der Waals surface area contributed by atoms with Crippen LogP contribution in [0.5, 0.6) is 0 Å². The zero-order valence-corrected chi connectivity index (χ0v) is 16.9. The SMILES string of the molecule is C[C@@H](c1cn(-c2ccc(Cl)c(F)c2)nn1)[C@](O)(Cn1cncn1)c1ccc(F)cc1F. The van der Waals surface area contributed by atoms with Gasteiger partial charge in [0.1, 0.15) is 35.7 Å². The smallest absolute Gasteiger partial charge is 0.143 e. The Morgan fingerprint density at radius 2 is 1.94 bits per heavy atom. The van der Waals surface area contributed by atoms with Crippen LogP contribution >= 0.6 is 11.6 Å². The van der Waals surface area contributed by atoms with Crippen LogP contribution in [0.2, 0.25) is 5.02 Å². The fraction of sp³-hybridized carbons (Fsp3) is 0.200. The van der Waals surface area contributed by atoms with E-state index in [4.69, 9.17) is 11.6 Å². The molecule has 0 aliphatic carbocycles. The van der Waals surface area contributed by atoms with Gasteiger partial charge >= 0.3 is 0 Å². The highest BCUT2D eigenvalue weighted by molar-refractivity contribution is 6.30. The number of hydrogen-bond acceptors (Lipinski definition) is 5. The standard InChI is InChI=1S/C20H16ClF3N6O/c1-12(19-8-30(28-27-19)14-3-5-16(21)18(24)7-14)20(31,9-29-11-25-10-26-29)15-4-2-13(22)6-17(15)23/h2-8,10-12,31H,9H2,1H3/t12-,20+/m0/s1. The van der Waals surface area contributed by atoms with Crippen LogP contribution in [0.25, 0.3) is 5.69 Å². The molecule has 2 aromatic heterocycles. The fourth-order valence-electron chi connectivity index (χ4n) is 3.33. The van der Waals surface area contributed by atoms with E-state index in [2.05, 4.69) is 20.4 Å². The van der Waals surface area contributed by atoms with Crippen LogP contribution in [0.4, 0.5) is 13.2 Å². The average molecular weight is 449 g/mol. The van der Waals surface area contributed by atoms with Crippen molar-refractivity contribution in [3.8, 4) is 5.69 Å². The molecule has 160 valence electrons. The first-order valence-electron chi connectivity index (χ1n) is 9.16. The lowest BCUT2D eigenvalue weighted by atomic mass is 9.80. The highest BCUT2D eigenvalue weighted by Crippen LogP contribution is 2.39. The van der Waals surface area contributed by atoms with Crippen molar-refractivity contribution in [2.75, 3.05) is 0 Å². The second kappa shape index (κ2) is 8.12. The molecule has 31 heavy (non-hydrogen) atoms. The topological polar surface area (TPSA) is 81.6 Å². The number of aliphatic hydroxyl groups is 1. The molecule has 1 N–H and O–H groups in total. The molecule has 0 aliphatic heterocycles. The first kappa shape index (κ1) is 21.0. The van der Waals surface area contributed by atoms with Crippen molar-refractivity contribution in [2.45, 2.75) is 25.0 Å². The monoisotopic (exact) mass is 448 g/mol. The van der Waals surface area contributed by atoms with E-state index in [1.54, 1.807) is 13.0 Å². The Labute approximate surface area is 179 Å². The van der Waals surface area contributed by atoms with Crippen LogP contribution in [0, 0.1) is 17.5 Å². The maximum atomic E-state index is 14.7. The van der Waals surface area contributed by atoms with Crippen molar-refractivity contribution in [3.63, 3.8) is 0 Å². The van der Waals surface area contributed by atoms with Crippen molar-refractivity contribution in [1.29, 1.82) is 0 Å². The minimum atomic E-state index is -1.88. The predicted octanol–water partition coefficient (Wildman–Crippen LogP) is 3.62. The van der Waals surface area contributed by atoms with Gasteiger partial charge in [-0.15, -0.1) is 5.10 Å². The molecule has 2 atom stereocenters. The molecule has 11 heteroatoms. The van der Waals surface area contributed by atoms with Gasteiger partial charge in [0.25, 0.3) is 0 Å². The van der Waals surface area contributed by atoms with Gasteiger partial charge in [-0.1, -0.05) is 29.8 Å². The van der Waals surface area contributed by atoms with E-state index in [0.717, 1.165) is 6.07 Å². The zero-order chi connectivity index (χ0) is 22.2. The fourth-order valence-corrected chi connectivity index (χ4v) is 3.45. The maximum absolute atomic E-state index is 14.7. The predicted molar refractivity (Wildman–Crippen MR) is 105 cm³/mol. The van der Waals surface area contributed by atoms with Gasteiger partial charge in [0.2, 0.25) is 0 Å². The Hall–Kier alpha value is -3.24. The van der Waals surface area contributed by atoms with Gasteiger partial charge in [-0.2, -0.15) is 5.10 Å². The Balaban J connectivity index is 1.75. The quantitative estimate of drug-likeness (QED) is 0.487. The molecule has 7 nitrogen and oxygen atoms in total. The summed E-state index contributed by atoms with van der Waals surface area (Å²) in [6, 6.07) is 7.05. The molecule has 0 amide bonds. The third-order valence-corrected chi connectivity index (χ3v) is 5.41. The lowest BCUT2D eigenvalue weighted by molar-refractivity contribution is -0.0123. The van der Waals surface area contributed by atoms with Crippen LogP contribution in [0.1, 0.15) is 24.1 Å². The summed E-state index contributed by atoms with van der Waals surface area (Å²) in [7, 11) is 0. The summed E-state index contributed by atoms with van der Waals surface area (Å²) in [5.74, 6) is -3.13. The van der Waals surface area contributed by atoms with Crippen LogP contribution < -0.4 is 0 Å². The highest BCUT2D eigenvalue weighted by Gasteiger charge is 2.41. The summed E-state index contributed by atoms with van der Waals surface area (Å²) in [6.45, 7) is 1.44. The molecule has 2 aromatic carbocycles. The van der Waals surface area contributed by atoms with Crippen molar-refractivity contribution >= 4 is 11.6 Å². The number of aromatic nitrogens is 6. The lowest BCUT2D eigenvalue weighted by Gasteiger charge is -2.33. The molecule has 0 fully saturated rings. The van der Waals surface area contributed by atoms with E-state index in [1.807, 2.05) is 0 Å². The van der Waals surface area contributed by atoms with E-state index in [9.17, 15) is 18.3 Å². The van der Waals surface area contributed by atoms with Crippen LogP contribution in [0.15, 0.2) is 55.2 Å². The molecule has 0 unspecified atom stereocenters. The molecule has 0 bridgehead atoms. The van der Waals surface area contributed by atoms with Crippen LogP contribution in [0.3, 0.4) is 0 Å². The van der Waals surface area contributed by atoms with Gasteiger partial charge in [0.05, 0.1) is 29.1 Å². The Kier molecular flexibility index (Phi) is 5.50. The molecular weight excluding hydrogens is 433 g/mol. The van der Waals surface area contributed by atoms with Gasteiger partial charge in [-0.3, -0.25) is 0 Å². The summed E-state index contributed by atoms with van der Waals surface area (Å²) in [5.41, 5.74) is -1.36. The molecule has 0 saturated heterocycles. The number of hydrogen-bond donors (Lipinski definition) is 1. The second-order valence-electron chi connectivity index (χ2n) is 7.05. The average Bonchev–Trinajstić information content (AvgIpc) is 3.41. The number of nitrogens with zero attached hydrogens (tertiary/aromatic N) is 6. The van der Waals surface area contributed by atoms with E-state index in [0.29, 0.717) is 17.4 Å². The largest absolute Gasteiger partial charge is 0.382 e. The van der Waals surface area contributed by atoms with E-state index < -0.39 is 29.0 Å². The Morgan fingerprint density at radius 3 is 2.61 bits per heavy atom. The summed E-state index contributed by atoms with van der Waals surface area (Å²) in [6.07, 6.45) is 4.13. The normalized spacial score (nSPS) is 14.4. The zero-order valence-electron chi connectivity index (χ0n) is 16.1. The maximum Gasteiger partial charge on any atom is 0.143 e. The molecule has 4 rings (SSSR count). The van der Waals surface area contributed by atoms with Gasteiger partial charge in [-0.05, 0) is 18.2 Å². The van der Waals surface area contributed by atoms with Gasteiger partial charge in [-0.25, -0.2) is 27.5 Å². The number of rotatable bonds is 6. The molecule has 0 radical (unpaired) electrons. The van der Waals surface area contributed by atoms with Crippen molar-refractivity contribution in [2.24, 2.45) is 0 Å². The van der Waals surface area contributed by atoms with Gasteiger partial charge < -0.3 is 5.11 Å². The van der Waals surface area contributed by atoms with E-state index >= 15 is 0 Å². The minimum Gasteiger partial charge on any atom is -0.382 e. The van der Waals surface area contributed by atoms with Crippen LogP contribution in [-0.2, 0) is 12.1 Å². The summed E-state index contributed by atoms with van der Waals surface area (Å²) in [5, 5.41) is 23.6. The van der Waals surface area contributed by atoms with Crippen molar-refractivity contribution < 1.29 is 18.3 Å². The second-order valence-corrected chi connectivity index (χ2v) is 7.46. The lowest BCUT2D eigenvalue weighted by Crippen LogP contribution is -2.38. The molecule has 0 saturated carbocycles. The Morgan fingerprint density at radius 1 is 1.13 bits per heavy atom. The summed E-state index contributed by atoms with van der Waals surface area (Å²) >= 11 is 5.72. The van der Waals surface area contributed by atoms with Crippen molar-refractivity contribution in [3.05, 3.63) is 89.0 Å². The van der Waals surface area contributed by atoms with Gasteiger partial charge in [0.15, 0.2) is 0 Å². The van der Waals surface area contributed by atoms with Gasteiger partial charge in [0, 0.05) is 23.6 Å².